The molecule has 0 unspecified atom stereocenters. The van der Waals surface area contributed by atoms with E-state index in [0.29, 0.717) is 6.16 Å². The van der Waals surface area contributed by atoms with Gasteiger partial charge in [-0.3, -0.25) is 0 Å². The maximum absolute atomic E-state index is 11.9. The molecule has 0 aliphatic heterocycles. The minimum Gasteiger partial charge on any atom is -0.717 e. The number of benzene rings is 2. The Hall–Kier alpha value is -0.178. The summed E-state index contributed by atoms with van der Waals surface area (Å²) < 4.78 is 35.8. The second-order valence-electron chi connectivity index (χ2n) is 9.55. The van der Waals surface area contributed by atoms with Crippen molar-refractivity contribution in [1.29, 1.82) is 0 Å². The molecule has 4 nitrogen and oxygen atoms in total. The van der Waals surface area contributed by atoms with Crippen molar-refractivity contribution in [3.8, 4) is 11.1 Å². The van der Waals surface area contributed by atoms with Crippen LogP contribution in [0.2, 0.25) is 0 Å². The molecule has 0 amide bonds. The molecule has 0 fully saturated rings. The fourth-order valence-electron chi connectivity index (χ4n) is 4.14. The van der Waals surface area contributed by atoms with E-state index in [-0.39, 0.29) is 33.2 Å². The summed E-state index contributed by atoms with van der Waals surface area (Å²) in [6.45, 7) is 10.8. The van der Waals surface area contributed by atoms with E-state index < -0.39 is 26.5 Å². The first kappa shape index (κ1) is 39.3. The largest absolute Gasteiger partial charge is 2.00 e. The van der Waals surface area contributed by atoms with Crippen molar-refractivity contribution in [3.63, 3.8) is 0 Å². The van der Waals surface area contributed by atoms with E-state index >= 15 is 0 Å². The van der Waals surface area contributed by atoms with Gasteiger partial charge in [-0.2, -0.15) is 0 Å². The summed E-state index contributed by atoms with van der Waals surface area (Å²) in [7, 11) is -4.25. The van der Waals surface area contributed by atoms with E-state index in [1.54, 1.807) is 0 Å². The average molecular weight is 658 g/mol. The van der Waals surface area contributed by atoms with Crippen LogP contribution in [-0.4, -0.2) is 34.8 Å². The quantitative estimate of drug-likeness (QED) is 0.0871. The Labute approximate surface area is 239 Å². The van der Waals surface area contributed by atoms with Crippen molar-refractivity contribution in [3.05, 3.63) is 54.6 Å². The third-order valence-electron chi connectivity index (χ3n) is 5.34. The van der Waals surface area contributed by atoms with Crippen LogP contribution in [0.1, 0.15) is 68.7 Å². The Morgan fingerprint density at radius 2 is 1.43 bits per heavy atom. The number of unbranched alkanes of at least 4 members (excludes halogenated alkanes) is 1. The van der Waals surface area contributed by atoms with E-state index in [1.165, 1.54) is 0 Å². The topological polar surface area (TPSA) is 83.2 Å². The van der Waals surface area contributed by atoms with Crippen molar-refractivity contribution >= 4 is 45.1 Å². The summed E-state index contributed by atoms with van der Waals surface area (Å²) in [6.07, 6.45) is 2.27. The minimum atomic E-state index is -4.25. The van der Waals surface area contributed by atoms with Crippen LogP contribution >= 0.6 is 29.7 Å². The molecule has 0 radical (unpaired) electrons. The molecule has 204 valence electrons. The Morgan fingerprint density at radius 1 is 0.971 bits per heavy atom. The zero-order valence-corrected chi connectivity index (χ0v) is 26.0. The van der Waals surface area contributed by atoms with Crippen LogP contribution in [0.3, 0.4) is 0 Å². The molecule has 0 spiro atoms. The number of para-hydroxylation sites is 1. The van der Waals surface area contributed by atoms with Crippen LogP contribution in [-0.2, 0) is 30.2 Å². The van der Waals surface area contributed by atoms with Gasteiger partial charge in [-0.15, -0.1) is 59.1 Å². The molecule has 9 heteroatoms. The first-order valence-corrected chi connectivity index (χ1v) is 15.9. The zero-order chi connectivity index (χ0) is 25.9. The van der Waals surface area contributed by atoms with Crippen molar-refractivity contribution in [2.75, 3.05) is 17.2 Å². The standard InChI is InChI=1S/C12H10N.C12H27O3PS.CH2Cl2.CH4.Pd/c13-12-9-5-4-8-11(12)10-6-2-1-3-7-10;1-8-9-10-16(11(2,3)4,12(5,6)7)17(13,14)15;2-1-3;;/h1-6,8-9H,13H2;8-10H2,1-7H3;1H2;1H4;/q-1;;;;+2. The van der Waals surface area contributed by atoms with Crippen LogP contribution in [0, 0.1) is 6.07 Å². The SMILES string of the molecule is C.CCCC[P+](C(C)(C)C)(C(C)(C)C)S(=O)(=O)[O-].ClCCl.Nc1ccccc1-c1[c-]cccc1.[Pd+2]. The number of anilines is 1. The predicted octanol–water partition coefficient (Wildman–Crippen LogP) is 8.65. The summed E-state index contributed by atoms with van der Waals surface area (Å²) in [5.41, 5.74) is 8.72. The summed E-state index contributed by atoms with van der Waals surface area (Å²) in [5.74, 6) is 0. The molecule has 0 aliphatic rings. The number of nitrogen functional groups attached to an aromatic ring is 1. The van der Waals surface area contributed by atoms with Gasteiger partial charge in [-0.25, -0.2) is 8.42 Å². The molecule has 0 aromatic heterocycles. The summed E-state index contributed by atoms with van der Waals surface area (Å²) in [5, 5.41) is -0.720. The summed E-state index contributed by atoms with van der Waals surface area (Å²) in [4.78, 5) is 0. The molecule has 2 aromatic carbocycles. The normalized spacial score (nSPS) is 11.5. The second kappa shape index (κ2) is 17.4. The Bertz CT molecular complexity index is 918. The van der Waals surface area contributed by atoms with Gasteiger partial charge in [0.2, 0.25) is 9.74 Å². The minimum absolute atomic E-state index is 0. The fraction of sp³-hybridized carbons (Fsp3) is 0.538. The van der Waals surface area contributed by atoms with Gasteiger partial charge in [0.25, 0.3) is 0 Å². The van der Waals surface area contributed by atoms with Crippen molar-refractivity contribution in [2.45, 2.75) is 79.0 Å². The van der Waals surface area contributed by atoms with Crippen LogP contribution in [0.4, 0.5) is 5.69 Å². The second-order valence-corrected chi connectivity index (χ2v) is 19.0. The van der Waals surface area contributed by atoms with Crippen molar-refractivity contribution in [1.82, 2.24) is 0 Å². The average Bonchev–Trinajstić information content (AvgIpc) is 2.67. The van der Waals surface area contributed by atoms with E-state index in [9.17, 15) is 13.0 Å². The maximum atomic E-state index is 11.9. The Morgan fingerprint density at radius 3 is 1.77 bits per heavy atom. The molecule has 0 heterocycles. The molecule has 0 saturated heterocycles. The monoisotopic (exact) mass is 656 g/mol. The molecular weight excluding hydrogens is 615 g/mol. The van der Waals surface area contributed by atoms with Crippen LogP contribution < -0.4 is 5.73 Å². The third-order valence-corrected chi connectivity index (χ3v) is 17.5. The molecule has 2 aromatic rings. The Kier molecular flexibility index (Phi) is 19.5. The van der Waals surface area contributed by atoms with Gasteiger partial charge in [-0.05, 0) is 59.7 Å². The number of nitrogens with two attached hydrogens (primary N) is 1. The number of rotatable bonds is 5. The van der Waals surface area contributed by atoms with E-state index in [0.717, 1.165) is 29.7 Å². The number of hydrogen-bond acceptors (Lipinski definition) is 4. The van der Waals surface area contributed by atoms with Gasteiger partial charge in [0.15, 0.2) is 0 Å². The zero-order valence-electron chi connectivity index (χ0n) is 21.2. The molecule has 0 bridgehead atoms. The van der Waals surface area contributed by atoms with Gasteiger partial charge in [0, 0.05) is 0 Å². The first-order valence-electron chi connectivity index (χ1n) is 10.9. The molecule has 0 aliphatic carbocycles. The Balaban J connectivity index is -0.000000508. The fourth-order valence-corrected chi connectivity index (χ4v) is 14.9. The van der Waals surface area contributed by atoms with Gasteiger partial charge >= 0.3 is 20.4 Å². The predicted molar refractivity (Wildman–Crippen MR) is 154 cm³/mol. The van der Waals surface area contributed by atoms with E-state index in [2.05, 4.69) is 6.07 Å². The number of halogens is 2. The molecule has 0 saturated carbocycles. The number of alkyl halides is 2. The van der Waals surface area contributed by atoms with Gasteiger partial charge in [0.05, 0.1) is 21.8 Å². The summed E-state index contributed by atoms with van der Waals surface area (Å²) >= 11 is 9.53. The van der Waals surface area contributed by atoms with Crippen LogP contribution in [0.5, 0.6) is 0 Å². The summed E-state index contributed by atoms with van der Waals surface area (Å²) in [6, 6.07) is 18.8. The van der Waals surface area contributed by atoms with Gasteiger partial charge in [0.1, 0.15) is 6.46 Å². The molecule has 0 atom stereocenters. The van der Waals surface area contributed by atoms with Crippen LogP contribution in [0.15, 0.2) is 48.5 Å². The van der Waals surface area contributed by atoms with E-state index in [4.69, 9.17) is 28.9 Å². The van der Waals surface area contributed by atoms with Crippen LogP contribution in [0.25, 0.3) is 11.1 Å². The smallest absolute Gasteiger partial charge is 0.717 e. The molecule has 2 N–H and O–H groups in total. The van der Waals surface area contributed by atoms with Gasteiger partial charge in [-0.1, -0.05) is 44.5 Å². The third kappa shape index (κ3) is 11.4. The molecule has 2 rings (SSSR count). The molecule has 35 heavy (non-hydrogen) atoms. The van der Waals surface area contributed by atoms with Crippen molar-refractivity contribution < 1.29 is 33.4 Å². The molecular formula is C26H43Cl2NO3PPdS+. The maximum Gasteiger partial charge on any atom is 2.00 e. The van der Waals surface area contributed by atoms with E-state index in [1.807, 2.05) is 97.0 Å². The number of hydrogen-bond donors (Lipinski definition) is 1. The van der Waals surface area contributed by atoms with Crippen molar-refractivity contribution in [2.24, 2.45) is 0 Å². The van der Waals surface area contributed by atoms with Gasteiger partial charge < -0.3 is 10.3 Å². The first-order chi connectivity index (χ1) is 15.1.